The van der Waals surface area contributed by atoms with Gasteiger partial charge in [-0.05, 0) is 25.5 Å². The van der Waals surface area contributed by atoms with Crippen molar-refractivity contribution in [1.29, 1.82) is 0 Å². The number of aromatic nitrogens is 3. The summed E-state index contributed by atoms with van der Waals surface area (Å²) >= 11 is 2.06. The molecule has 1 aliphatic heterocycles. The van der Waals surface area contributed by atoms with Gasteiger partial charge in [0.15, 0.2) is 0 Å². The maximum absolute atomic E-state index is 4.14. The molecule has 1 aromatic rings. The normalized spacial score (nSPS) is 21.2. The Bertz CT molecular complexity index is 307. The standard InChI is InChI=1S/C11H20N4S/c1-2-15-9-13-14-11(15)5-6-12-10-4-3-7-16-8-10/h9-10,12H,2-8H2,1H3. The summed E-state index contributed by atoms with van der Waals surface area (Å²) in [5.41, 5.74) is 0. The number of nitrogens with zero attached hydrogens (tertiary/aromatic N) is 3. The van der Waals surface area contributed by atoms with Crippen LogP contribution < -0.4 is 5.32 Å². The fourth-order valence-corrected chi connectivity index (χ4v) is 3.13. The number of thioether (sulfide) groups is 1. The van der Waals surface area contributed by atoms with Crippen LogP contribution in [0.25, 0.3) is 0 Å². The van der Waals surface area contributed by atoms with Gasteiger partial charge in [-0.25, -0.2) is 0 Å². The minimum Gasteiger partial charge on any atom is -0.318 e. The van der Waals surface area contributed by atoms with Crippen molar-refractivity contribution in [3.8, 4) is 0 Å². The summed E-state index contributed by atoms with van der Waals surface area (Å²) in [6.07, 6.45) is 5.47. The maximum atomic E-state index is 4.14. The minimum atomic E-state index is 0.705. The number of hydrogen-bond donors (Lipinski definition) is 1. The van der Waals surface area contributed by atoms with E-state index in [1.54, 1.807) is 0 Å². The van der Waals surface area contributed by atoms with Crippen LogP contribution in [0.4, 0.5) is 0 Å². The van der Waals surface area contributed by atoms with Gasteiger partial charge in [-0.3, -0.25) is 0 Å². The van der Waals surface area contributed by atoms with E-state index in [1.807, 2.05) is 6.33 Å². The van der Waals surface area contributed by atoms with Crippen LogP contribution in [0, 0.1) is 0 Å². The molecule has 2 heterocycles. The molecule has 5 heteroatoms. The summed E-state index contributed by atoms with van der Waals surface area (Å²) in [7, 11) is 0. The highest BCUT2D eigenvalue weighted by Gasteiger charge is 2.12. The van der Waals surface area contributed by atoms with Gasteiger partial charge in [0.2, 0.25) is 0 Å². The van der Waals surface area contributed by atoms with E-state index >= 15 is 0 Å². The molecule has 4 nitrogen and oxygen atoms in total. The molecule has 1 atom stereocenters. The van der Waals surface area contributed by atoms with Crippen molar-refractivity contribution >= 4 is 11.8 Å². The van der Waals surface area contributed by atoms with Crippen LogP contribution in [-0.4, -0.2) is 38.9 Å². The minimum absolute atomic E-state index is 0.705. The van der Waals surface area contributed by atoms with Crippen molar-refractivity contribution in [2.24, 2.45) is 0 Å². The third kappa shape index (κ3) is 3.22. The van der Waals surface area contributed by atoms with E-state index < -0.39 is 0 Å². The van der Waals surface area contributed by atoms with Gasteiger partial charge in [0.05, 0.1) is 0 Å². The van der Waals surface area contributed by atoms with Crippen molar-refractivity contribution in [3.63, 3.8) is 0 Å². The highest BCUT2D eigenvalue weighted by atomic mass is 32.2. The molecule has 2 rings (SSSR count). The summed E-state index contributed by atoms with van der Waals surface area (Å²) in [4.78, 5) is 0. The zero-order chi connectivity index (χ0) is 11.2. The Morgan fingerprint density at radius 2 is 2.56 bits per heavy atom. The molecular formula is C11H20N4S. The van der Waals surface area contributed by atoms with Gasteiger partial charge in [0, 0.05) is 31.3 Å². The highest BCUT2D eigenvalue weighted by molar-refractivity contribution is 7.99. The molecule has 0 amide bonds. The second kappa shape index (κ2) is 6.25. The van der Waals surface area contributed by atoms with Crippen molar-refractivity contribution < 1.29 is 0 Å². The van der Waals surface area contributed by atoms with E-state index in [0.29, 0.717) is 6.04 Å². The Balaban J connectivity index is 1.71. The zero-order valence-corrected chi connectivity index (χ0v) is 10.7. The van der Waals surface area contributed by atoms with E-state index in [0.717, 1.165) is 25.3 Å². The van der Waals surface area contributed by atoms with Crippen LogP contribution in [0.1, 0.15) is 25.6 Å². The Morgan fingerprint density at radius 3 is 3.31 bits per heavy atom. The largest absolute Gasteiger partial charge is 0.318 e. The van der Waals surface area contributed by atoms with Crippen molar-refractivity contribution in [1.82, 2.24) is 20.1 Å². The predicted molar refractivity (Wildman–Crippen MR) is 67.7 cm³/mol. The summed E-state index contributed by atoms with van der Waals surface area (Å²) in [5.74, 6) is 3.70. The first kappa shape index (κ1) is 11.9. The van der Waals surface area contributed by atoms with Crippen molar-refractivity contribution in [3.05, 3.63) is 12.2 Å². The first-order chi connectivity index (χ1) is 7.90. The van der Waals surface area contributed by atoms with Crippen LogP contribution in [0.2, 0.25) is 0 Å². The predicted octanol–water partition coefficient (Wildman–Crippen LogP) is 1.33. The van der Waals surface area contributed by atoms with E-state index in [9.17, 15) is 0 Å². The molecule has 1 unspecified atom stereocenters. The maximum Gasteiger partial charge on any atom is 0.134 e. The quantitative estimate of drug-likeness (QED) is 0.843. The van der Waals surface area contributed by atoms with Gasteiger partial charge in [0.25, 0.3) is 0 Å². The number of aryl methyl sites for hydroxylation is 1. The van der Waals surface area contributed by atoms with Crippen LogP contribution in [0.5, 0.6) is 0 Å². The summed E-state index contributed by atoms with van der Waals surface area (Å²) in [5, 5.41) is 11.7. The van der Waals surface area contributed by atoms with Gasteiger partial charge < -0.3 is 9.88 Å². The molecule has 1 aliphatic rings. The lowest BCUT2D eigenvalue weighted by atomic mass is 10.2. The molecule has 0 spiro atoms. The van der Waals surface area contributed by atoms with Gasteiger partial charge >= 0.3 is 0 Å². The highest BCUT2D eigenvalue weighted by Crippen LogP contribution is 2.16. The summed E-state index contributed by atoms with van der Waals surface area (Å²) in [6, 6.07) is 0.705. The number of nitrogens with one attached hydrogen (secondary N) is 1. The summed E-state index contributed by atoms with van der Waals surface area (Å²) in [6.45, 7) is 4.10. The van der Waals surface area contributed by atoms with Crippen molar-refractivity contribution in [2.45, 2.75) is 38.8 Å². The lowest BCUT2D eigenvalue weighted by Gasteiger charge is -2.22. The number of hydrogen-bond acceptors (Lipinski definition) is 4. The molecule has 0 aliphatic carbocycles. The third-order valence-corrected chi connectivity index (χ3v) is 4.19. The van der Waals surface area contributed by atoms with E-state index in [4.69, 9.17) is 0 Å². The average Bonchev–Trinajstić information content (AvgIpc) is 2.78. The second-order valence-electron chi connectivity index (χ2n) is 4.15. The first-order valence-corrected chi connectivity index (χ1v) is 7.23. The Hall–Kier alpha value is -0.550. The molecule has 0 radical (unpaired) electrons. The average molecular weight is 240 g/mol. The van der Waals surface area contributed by atoms with Crippen LogP contribution >= 0.6 is 11.8 Å². The molecule has 90 valence electrons. The SMILES string of the molecule is CCn1cnnc1CCNC1CCCSC1. The molecule has 0 bridgehead atoms. The van der Waals surface area contributed by atoms with Gasteiger partial charge in [0.1, 0.15) is 12.2 Å². The topological polar surface area (TPSA) is 42.7 Å². The smallest absolute Gasteiger partial charge is 0.134 e. The van der Waals surface area contributed by atoms with Gasteiger partial charge in [-0.1, -0.05) is 0 Å². The van der Waals surface area contributed by atoms with E-state index in [1.165, 1.54) is 24.3 Å². The van der Waals surface area contributed by atoms with Crippen LogP contribution in [0.15, 0.2) is 6.33 Å². The molecule has 1 aromatic heterocycles. The summed E-state index contributed by atoms with van der Waals surface area (Å²) < 4.78 is 2.11. The fourth-order valence-electron chi connectivity index (χ4n) is 2.03. The molecular weight excluding hydrogens is 220 g/mol. The molecule has 1 fully saturated rings. The molecule has 16 heavy (non-hydrogen) atoms. The van der Waals surface area contributed by atoms with Gasteiger partial charge in [-0.15, -0.1) is 10.2 Å². The molecule has 1 N–H and O–H groups in total. The van der Waals surface area contributed by atoms with Crippen molar-refractivity contribution in [2.75, 3.05) is 18.1 Å². The van der Waals surface area contributed by atoms with E-state index in [-0.39, 0.29) is 0 Å². The Labute approximate surface area is 101 Å². The molecule has 1 saturated heterocycles. The van der Waals surface area contributed by atoms with Gasteiger partial charge in [-0.2, -0.15) is 11.8 Å². The van der Waals surface area contributed by atoms with Crippen LogP contribution in [0.3, 0.4) is 0 Å². The molecule has 0 aromatic carbocycles. The third-order valence-electron chi connectivity index (χ3n) is 2.98. The zero-order valence-electron chi connectivity index (χ0n) is 9.85. The Morgan fingerprint density at radius 1 is 1.62 bits per heavy atom. The second-order valence-corrected chi connectivity index (χ2v) is 5.30. The Kier molecular flexibility index (Phi) is 4.66. The first-order valence-electron chi connectivity index (χ1n) is 6.08. The lowest BCUT2D eigenvalue weighted by Crippen LogP contribution is -2.35. The fraction of sp³-hybridized carbons (Fsp3) is 0.818. The monoisotopic (exact) mass is 240 g/mol. The lowest BCUT2D eigenvalue weighted by molar-refractivity contribution is 0.503. The molecule has 0 saturated carbocycles. The van der Waals surface area contributed by atoms with E-state index in [2.05, 4.69) is 38.8 Å². The number of rotatable bonds is 5. The van der Waals surface area contributed by atoms with Crippen LogP contribution in [-0.2, 0) is 13.0 Å².